The molecule has 4 aliphatic rings. The molecule has 1 spiro atoms. The number of hydrogen-bond donors (Lipinski definition) is 1. The minimum absolute atomic E-state index is 0.162. The summed E-state index contributed by atoms with van der Waals surface area (Å²) in [7, 11) is 0. The molecule has 6 rings (SSSR count). The van der Waals surface area contributed by atoms with E-state index in [9.17, 15) is 5.11 Å². The first-order valence-electron chi connectivity index (χ1n) is 8.78. The highest BCUT2D eigenvalue weighted by atomic mass is 16.5. The van der Waals surface area contributed by atoms with Crippen molar-refractivity contribution < 1.29 is 9.52 Å². The summed E-state index contributed by atoms with van der Waals surface area (Å²) in [5, 5.41) is 10.0. The van der Waals surface area contributed by atoms with Gasteiger partial charge in [0.25, 0.3) is 0 Å². The molecular formula is C20H18N2O2. The summed E-state index contributed by atoms with van der Waals surface area (Å²) < 4.78 is 5.39. The third kappa shape index (κ3) is 1.37. The average Bonchev–Trinajstić information content (AvgIpc) is 3.08. The van der Waals surface area contributed by atoms with Crippen molar-refractivity contribution in [3.63, 3.8) is 0 Å². The minimum atomic E-state index is -0.162. The summed E-state index contributed by atoms with van der Waals surface area (Å²) in [4.78, 5) is 9.07. The van der Waals surface area contributed by atoms with Gasteiger partial charge in [-0.15, -0.1) is 0 Å². The Balaban J connectivity index is 1.28. The zero-order chi connectivity index (χ0) is 15.9. The van der Waals surface area contributed by atoms with Gasteiger partial charge in [0.15, 0.2) is 5.69 Å². The third-order valence-corrected chi connectivity index (χ3v) is 7.01. The van der Waals surface area contributed by atoms with E-state index in [0.717, 1.165) is 23.3 Å². The molecular weight excluding hydrogens is 300 g/mol. The number of aliphatic imine (C=N–C) groups is 1. The smallest absolute Gasteiger partial charge is 0.312 e. The van der Waals surface area contributed by atoms with Crippen LogP contribution in [0.25, 0.3) is 11.5 Å². The molecule has 24 heavy (non-hydrogen) atoms. The summed E-state index contributed by atoms with van der Waals surface area (Å²) in [5.41, 5.74) is 3.08. The summed E-state index contributed by atoms with van der Waals surface area (Å²) in [6.07, 6.45) is 8.16. The van der Waals surface area contributed by atoms with Crippen LogP contribution in [0.15, 0.2) is 51.5 Å². The van der Waals surface area contributed by atoms with E-state index < -0.39 is 0 Å². The molecule has 5 atom stereocenters. The van der Waals surface area contributed by atoms with E-state index in [1.165, 1.54) is 25.0 Å². The second-order valence-electron chi connectivity index (χ2n) is 7.69. The highest BCUT2D eigenvalue weighted by Gasteiger charge is 2.77. The molecule has 1 aromatic heterocycles. The zero-order valence-corrected chi connectivity index (χ0v) is 13.2. The van der Waals surface area contributed by atoms with Gasteiger partial charge in [0.2, 0.25) is 5.89 Å². The van der Waals surface area contributed by atoms with Crippen LogP contribution in [0.2, 0.25) is 0 Å². The number of oxazole rings is 1. The highest BCUT2D eigenvalue weighted by molar-refractivity contribution is 5.81. The van der Waals surface area contributed by atoms with E-state index >= 15 is 0 Å². The SMILES string of the molecule is Oc1oc(-c2ccccc2)nc1C=NC1=CC2CC3CC4CC1C234. The standard InChI is InChI=1S/C20H18N2O2/c23-19-17(22-18(24-19)11-4-2-1-3-5-11)10-21-16-9-14-7-12-6-13-8-15(16)20(12,13)14/h1-5,9-10,12-15,23H,6-8H2. The Labute approximate surface area is 139 Å². The van der Waals surface area contributed by atoms with Gasteiger partial charge in [-0.1, -0.05) is 24.3 Å². The number of rotatable bonds is 3. The van der Waals surface area contributed by atoms with Crippen molar-refractivity contribution in [3.05, 3.63) is 47.8 Å². The summed E-state index contributed by atoms with van der Waals surface area (Å²) >= 11 is 0. The Kier molecular flexibility index (Phi) is 2.26. The molecule has 4 heteroatoms. The molecule has 4 nitrogen and oxygen atoms in total. The number of benzene rings is 1. The van der Waals surface area contributed by atoms with Crippen molar-refractivity contribution in [2.24, 2.45) is 34.1 Å². The van der Waals surface area contributed by atoms with Crippen LogP contribution in [-0.2, 0) is 0 Å². The van der Waals surface area contributed by atoms with Crippen LogP contribution in [0, 0.1) is 29.1 Å². The Bertz CT molecular complexity index is 892. The fourth-order valence-corrected chi connectivity index (χ4v) is 5.93. The Morgan fingerprint density at radius 2 is 2.00 bits per heavy atom. The average molecular weight is 318 g/mol. The van der Waals surface area contributed by atoms with E-state index in [1.54, 1.807) is 6.21 Å². The number of aromatic hydroxyl groups is 1. The molecule has 3 saturated carbocycles. The van der Waals surface area contributed by atoms with Gasteiger partial charge >= 0.3 is 5.95 Å². The van der Waals surface area contributed by atoms with Crippen molar-refractivity contribution in [2.45, 2.75) is 19.3 Å². The second kappa shape index (κ2) is 4.18. The molecule has 4 aliphatic carbocycles. The quantitative estimate of drug-likeness (QED) is 0.869. The van der Waals surface area contributed by atoms with E-state index in [1.807, 2.05) is 30.3 Å². The Morgan fingerprint density at radius 3 is 2.75 bits per heavy atom. The topological polar surface area (TPSA) is 58.6 Å². The predicted octanol–water partition coefficient (Wildman–Crippen LogP) is 4.03. The second-order valence-corrected chi connectivity index (χ2v) is 7.69. The number of allylic oxidation sites excluding steroid dienone is 2. The largest absolute Gasteiger partial charge is 0.479 e. The molecule has 0 aliphatic heterocycles. The van der Waals surface area contributed by atoms with Gasteiger partial charge < -0.3 is 9.52 Å². The summed E-state index contributed by atoms with van der Waals surface area (Å²) in [5.74, 6) is 3.60. The zero-order valence-electron chi connectivity index (χ0n) is 13.2. The van der Waals surface area contributed by atoms with Crippen LogP contribution >= 0.6 is 0 Å². The lowest BCUT2D eigenvalue weighted by molar-refractivity contribution is -0.269. The molecule has 0 radical (unpaired) electrons. The van der Waals surface area contributed by atoms with Crippen molar-refractivity contribution in [1.82, 2.24) is 4.98 Å². The molecule has 120 valence electrons. The van der Waals surface area contributed by atoms with Gasteiger partial charge in [0.1, 0.15) is 0 Å². The first kappa shape index (κ1) is 13.0. The molecule has 1 aromatic carbocycles. The lowest BCUT2D eigenvalue weighted by atomic mass is 9.28. The molecule has 0 amide bonds. The Hall–Kier alpha value is -2.36. The minimum Gasteiger partial charge on any atom is -0.479 e. The Morgan fingerprint density at radius 1 is 1.17 bits per heavy atom. The third-order valence-electron chi connectivity index (χ3n) is 7.01. The lowest BCUT2D eigenvalue weighted by Gasteiger charge is -2.76. The van der Waals surface area contributed by atoms with Gasteiger partial charge in [-0.2, -0.15) is 0 Å². The van der Waals surface area contributed by atoms with Crippen LogP contribution in [0.4, 0.5) is 0 Å². The van der Waals surface area contributed by atoms with Crippen LogP contribution in [-0.4, -0.2) is 16.3 Å². The molecule has 1 N–H and O–H groups in total. The van der Waals surface area contributed by atoms with Crippen LogP contribution in [0.3, 0.4) is 0 Å². The number of hydrogen-bond acceptors (Lipinski definition) is 4. The van der Waals surface area contributed by atoms with Gasteiger partial charge in [0.05, 0.1) is 6.21 Å². The number of aromatic nitrogens is 1. The normalized spacial score (nSPS) is 37.9. The van der Waals surface area contributed by atoms with Gasteiger partial charge in [0, 0.05) is 17.2 Å². The lowest BCUT2D eigenvalue weighted by Crippen LogP contribution is -2.70. The van der Waals surface area contributed by atoms with Crippen LogP contribution in [0.1, 0.15) is 25.0 Å². The first-order valence-corrected chi connectivity index (χ1v) is 8.78. The van der Waals surface area contributed by atoms with Crippen molar-refractivity contribution in [2.75, 3.05) is 0 Å². The van der Waals surface area contributed by atoms with Crippen LogP contribution in [0.5, 0.6) is 5.95 Å². The maximum absolute atomic E-state index is 10.0. The molecule has 1 heterocycles. The van der Waals surface area contributed by atoms with Gasteiger partial charge in [-0.25, -0.2) is 4.98 Å². The number of nitrogens with zero attached hydrogens (tertiary/aromatic N) is 2. The van der Waals surface area contributed by atoms with E-state index in [4.69, 9.17) is 4.42 Å². The van der Waals surface area contributed by atoms with Crippen LogP contribution < -0.4 is 0 Å². The van der Waals surface area contributed by atoms with Crippen molar-refractivity contribution >= 4 is 6.21 Å². The maximum atomic E-state index is 10.0. The van der Waals surface area contributed by atoms with Crippen molar-refractivity contribution in [3.8, 4) is 17.4 Å². The van der Waals surface area contributed by atoms with Gasteiger partial charge in [-0.05, 0) is 54.6 Å². The summed E-state index contributed by atoms with van der Waals surface area (Å²) in [6, 6.07) is 9.60. The monoisotopic (exact) mass is 318 g/mol. The molecule has 2 aromatic rings. The summed E-state index contributed by atoms with van der Waals surface area (Å²) in [6.45, 7) is 0. The van der Waals surface area contributed by atoms with Crippen molar-refractivity contribution in [1.29, 1.82) is 0 Å². The van der Waals surface area contributed by atoms with E-state index in [-0.39, 0.29) is 5.95 Å². The fourth-order valence-electron chi connectivity index (χ4n) is 5.93. The van der Waals surface area contributed by atoms with E-state index in [2.05, 4.69) is 16.1 Å². The predicted molar refractivity (Wildman–Crippen MR) is 89.5 cm³/mol. The highest BCUT2D eigenvalue weighted by Crippen LogP contribution is 2.83. The first-order chi connectivity index (χ1) is 11.8. The molecule has 0 bridgehead atoms. The maximum Gasteiger partial charge on any atom is 0.312 e. The molecule has 3 fully saturated rings. The van der Waals surface area contributed by atoms with E-state index in [0.29, 0.717) is 22.9 Å². The van der Waals surface area contributed by atoms with Gasteiger partial charge in [-0.3, -0.25) is 4.99 Å². The molecule has 5 unspecified atom stereocenters. The molecule has 0 saturated heterocycles. The fraction of sp³-hybridized carbons (Fsp3) is 0.400.